The first-order valence-electron chi connectivity index (χ1n) is 6.05. The summed E-state index contributed by atoms with van der Waals surface area (Å²) in [4.78, 5) is 11.8. The van der Waals surface area contributed by atoms with Crippen LogP contribution in [0.5, 0.6) is 5.75 Å². The Morgan fingerprint density at radius 2 is 1.94 bits per heavy atom. The van der Waals surface area contributed by atoms with Crippen LogP contribution in [0.25, 0.3) is 0 Å². The molecular formula is C14H20ClNO2. The molecule has 18 heavy (non-hydrogen) atoms. The van der Waals surface area contributed by atoms with Gasteiger partial charge >= 0.3 is 0 Å². The zero-order valence-corrected chi connectivity index (χ0v) is 11.8. The lowest BCUT2D eigenvalue weighted by Crippen LogP contribution is -2.38. The maximum atomic E-state index is 11.8. The minimum atomic E-state index is 0.0182. The molecule has 0 aromatic heterocycles. The molecule has 1 N–H and O–H groups in total. The first-order chi connectivity index (χ1) is 8.56. The number of rotatable bonds is 6. The summed E-state index contributed by atoms with van der Waals surface area (Å²) in [5.74, 6) is 1.63. The summed E-state index contributed by atoms with van der Waals surface area (Å²) in [6.45, 7) is 3.99. The van der Waals surface area contributed by atoms with Gasteiger partial charge in [0.25, 0.3) is 0 Å². The van der Waals surface area contributed by atoms with E-state index in [9.17, 15) is 4.79 Å². The van der Waals surface area contributed by atoms with E-state index in [2.05, 4.69) is 5.32 Å². The van der Waals surface area contributed by atoms with Crippen LogP contribution in [0, 0.1) is 5.92 Å². The molecule has 0 aliphatic heterocycles. The Morgan fingerprint density at radius 1 is 1.33 bits per heavy atom. The number of carbonyl (C=O) groups excluding carboxylic acids is 1. The Kier molecular flexibility index (Phi) is 5.99. The Labute approximate surface area is 113 Å². The lowest BCUT2D eigenvalue weighted by Gasteiger charge is -2.19. The molecule has 100 valence electrons. The molecule has 0 aliphatic rings. The van der Waals surface area contributed by atoms with Crippen LogP contribution in [-0.2, 0) is 11.2 Å². The average molecular weight is 270 g/mol. The third-order valence-corrected chi connectivity index (χ3v) is 3.50. The molecule has 0 aliphatic carbocycles. The Bertz CT molecular complexity index is 378. The molecular weight excluding hydrogens is 250 g/mol. The maximum Gasteiger partial charge on any atom is 0.224 e. The predicted molar refractivity (Wildman–Crippen MR) is 74.2 cm³/mol. The Balaban J connectivity index is 2.48. The van der Waals surface area contributed by atoms with Crippen molar-refractivity contribution in [1.29, 1.82) is 0 Å². The highest BCUT2D eigenvalue weighted by Gasteiger charge is 2.13. The van der Waals surface area contributed by atoms with Crippen LogP contribution < -0.4 is 10.1 Å². The molecule has 0 spiro atoms. The number of ether oxygens (including phenoxy) is 1. The summed E-state index contributed by atoms with van der Waals surface area (Å²) < 4.78 is 5.07. The summed E-state index contributed by atoms with van der Waals surface area (Å²) in [6, 6.07) is 7.59. The number of amides is 1. The van der Waals surface area contributed by atoms with Crippen LogP contribution in [-0.4, -0.2) is 24.9 Å². The van der Waals surface area contributed by atoms with Crippen LogP contribution in [0.2, 0.25) is 0 Å². The molecule has 2 unspecified atom stereocenters. The van der Waals surface area contributed by atoms with Crippen molar-refractivity contribution in [3.8, 4) is 5.75 Å². The van der Waals surface area contributed by atoms with Gasteiger partial charge in [0, 0.05) is 11.9 Å². The van der Waals surface area contributed by atoms with Crippen molar-refractivity contribution < 1.29 is 9.53 Å². The number of methoxy groups -OCH3 is 1. The minimum Gasteiger partial charge on any atom is -0.497 e. The van der Waals surface area contributed by atoms with Crippen LogP contribution in [0.3, 0.4) is 0 Å². The van der Waals surface area contributed by atoms with Gasteiger partial charge in [-0.3, -0.25) is 4.79 Å². The molecule has 1 amide bonds. The van der Waals surface area contributed by atoms with Crippen molar-refractivity contribution >= 4 is 17.5 Å². The largest absolute Gasteiger partial charge is 0.497 e. The normalized spacial score (nSPS) is 13.8. The second-order valence-electron chi connectivity index (χ2n) is 4.51. The number of benzene rings is 1. The van der Waals surface area contributed by atoms with Crippen molar-refractivity contribution in [2.75, 3.05) is 13.0 Å². The van der Waals surface area contributed by atoms with Crippen molar-refractivity contribution in [1.82, 2.24) is 5.32 Å². The van der Waals surface area contributed by atoms with E-state index >= 15 is 0 Å². The fraction of sp³-hybridized carbons (Fsp3) is 0.500. The van der Waals surface area contributed by atoms with Gasteiger partial charge in [-0.05, 0) is 30.5 Å². The minimum absolute atomic E-state index is 0.0182. The molecule has 0 saturated heterocycles. The highest BCUT2D eigenvalue weighted by atomic mass is 35.5. The predicted octanol–water partition coefficient (Wildman–Crippen LogP) is 2.62. The third-order valence-electron chi connectivity index (χ3n) is 3.01. The third kappa shape index (κ3) is 4.57. The van der Waals surface area contributed by atoms with E-state index in [0.717, 1.165) is 11.3 Å². The van der Waals surface area contributed by atoms with Gasteiger partial charge < -0.3 is 10.1 Å². The lowest BCUT2D eigenvalue weighted by atomic mass is 10.1. The second-order valence-corrected chi connectivity index (χ2v) is 4.82. The van der Waals surface area contributed by atoms with Crippen molar-refractivity contribution in [3.05, 3.63) is 29.8 Å². The van der Waals surface area contributed by atoms with Gasteiger partial charge in [-0.25, -0.2) is 0 Å². The zero-order valence-electron chi connectivity index (χ0n) is 11.1. The number of hydrogen-bond acceptors (Lipinski definition) is 2. The van der Waals surface area contributed by atoms with Crippen LogP contribution >= 0.6 is 11.6 Å². The molecule has 1 aromatic carbocycles. The van der Waals surface area contributed by atoms with E-state index in [4.69, 9.17) is 16.3 Å². The van der Waals surface area contributed by atoms with Gasteiger partial charge in [-0.1, -0.05) is 19.1 Å². The summed E-state index contributed by atoms with van der Waals surface area (Å²) in [7, 11) is 1.62. The van der Waals surface area contributed by atoms with E-state index in [1.807, 2.05) is 38.1 Å². The Hall–Kier alpha value is -1.22. The first-order valence-corrected chi connectivity index (χ1v) is 6.58. The zero-order chi connectivity index (χ0) is 13.5. The van der Waals surface area contributed by atoms with Gasteiger partial charge in [-0.2, -0.15) is 0 Å². The van der Waals surface area contributed by atoms with Crippen molar-refractivity contribution in [3.63, 3.8) is 0 Å². The van der Waals surface area contributed by atoms with Gasteiger partial charge in [0.15, 0.2) is 0 Å². The molecule has 2 atom stereocenters. The Morgan fingerprint density at radius 3 is 2.44 bits per heavy atom. The number of hydrogen-bond donors (Lipinski definition) is 1. The van der Waals surface area contributed by atoms with E-state index in [0.29, 0.717) is 12.3 Å². The van der Waals surface area contributed by atoms with Crippen molar-refractivity contribution in [2.24, 2.45) is 5.92 Å². The topological polar surface area (TPSA) is 38.3 Å². The van der Waals surface area contributed by atoms with Crippen molar-refractivity contribution in [2.45, 2.75) is 26.3 Å². The standard InChI is InChI=1S/C14H20ClNO2/c1-10(9-15)11(2)16-14(17)8-12-4-6-13(18-3)7-5-12/h4-7,10-11H,8-9H2,1-3H3,(H,16,17). The summed E-state index contributed by atoms with van der Waals surface area (Å²) in [6.07, 6.45) is 0.378. The molecule has 0 heterocycles. The summed E-state index contributed by atoms with van der Waals surface area (Å²) >= 11 is 5.76. The fourth-order valence-corrected chi connectivity index (χ4v) is 1.78. The fourth-order valence-electron chi connectivity index (χ4n) is 1.51. The van der Waals surface area contributed by atoms with Gasteiger partial charge in [0.2, 0.25) is 5.91 Å². The lowest BCUT2D eigenvalue weighted by molar-refractivity contribution is -0.121. The molecule has 0 radical (unpaired) electrons. The molecule has 0 saturated carbocycles. The van der Waals surface area contributed by atoms with Gasteiger partial charge in [0.05, 0.1) is 13.5 Å². The van der Waals surface area contributed by atoms with E-state index in [-0.39, 0.29) is 17.9 Å². The van der Waals surface area contributed by atoms with Gasteiger partial charge in [0.1, 0.15) is 5.75 Å². The van der Waals surface area contributed by atoms with E-state index in [1.165, 1.54) is 0 Å². The molecule has 1 rings (SSSR count). The first kappa shape index (κ1) is 14.8. The number of halogens is 1. The molecule has 0 fully saturated rings. The molecule has 1 aromatic rings. The SMILES string of the molecule is COc1ccc(CC(=O)NC(C)C(C)CCl)cc1. The quantitative estimate of drug-likeness (QED) is 0.807. The van der Waals surface area contributed by atoms with Crippen LogP contribution in [0.1, 0.15) is 19.4 Å². The smallest absolute Gasteiger partial charge is 0.224 e. The highest BCUT2D eigenvalue weighted by molar-refractivity contribution is 6.18. The van der Waals surface area contributed by atoms with Crippen LogP contribution in [0.15, 0.2) is 24.3 Å². The summed E-state index contributed by atoms with van der Waals surface area (Å²) in [5, 5.41) is 2.95. The number of alkyl halides is 1. The maximum absolute atomic E-state index is 11.8. The second kappa shape index (κ2) is 7.27. The monoisotopic (exact) mass is 269 g/mol. The number of nitrogens with one attached hydrogen (secondary N) is 1. The summed E-state index contributed by atoms with van der Waals surface area (Å²) in [5.41, 5.74) is 0.971. The molecule has 3 nitrogen and oxygen atoms in total. The molecule has 4 heteroatoms. The van der Waals surface area contributed by atoms with E-state index < -0.39 is 0 Å². The average Bonchev–Trinajstić information content (AvgIpc) is 2.38. The highest BCUT2D eigenvalue weighted by Crippen LogP contribution is 2.12. The number of carbonyl (C=O) groups is 1. The van der Waals surface area contributed by atoms with Crippen LogP contribution in [0.4, 0.5) is 0 Å². The van der Waals surface area contributed by atoms with E-state index in [1.54, 1.807) is 7.11 Å². The molecule has 0 bridgehead atoms. The van der Waals surface area contributed by atoms with Gasteiger partial charge in [-0.15, -0.1) is 11.6 Å².